The molecule has 2 aliphatic heterocycles. The lowest BCUT2D eigenvalue weighted by molar-refractivity contribution is -0.274. The second kappa shape index (κ2) is 11.3. The normalized spacial score (nSPS) is 22.8. The largest absolute Gasteiger partial charge is 0.573 e. The Hall–Kier alpha value is -3.85. The van der Waals surface area contributed by atoms with Gasteiger partial charge in [0.25, 0.3) is 0 Å². The molecule has 44 heavy (non-hydrogen) atoms. The van der Waals surface area contributed by atoms with Crippen LogP contribution in [-0.2, 0) is 15.0 Å². The molecule has 3 N–H and O–H groups in total. The fraction of sp³-hybridized carbons (Fsp3) is 0.323. The second-order valence-corrected chi connectivity index (χ2v) is 12.8. The third-order valence-corrected chi connectivity index (χ3v) is 8.34. The van der Waals surface area contributed by atoms with Crippen molar-refractivity contribution in [3.05, 3.63) is 87.2 Å². The van der Waals surface area contributed by atoms with Crippen LogP contribution in [0.5, 0.6) is 5.75 Å². The van der Waals surface area contributed by atoms with Crippen LogP contribution in [0, 0.1) is 22.6 Å². The number of rotatable bonds is 5. The first kappa shape index (κ1) is 31.6. The number of hydrogen-bond acceptors (Lipinski definition) is 5. The van der Waals surface area contributed by atoms with Gasteiger partial charge in [0.05, 0.1) is 28.4 Å². The van der Waals surface area contributed by atoms with Gasteiger partial charge in [0.2, 0.25) is 11.8 Å². The van der Waals surface area contributed by atoms with Crippen molar-refractivity contribution < 1.29 is 31.9 Å². The first-order valence-corrected chi connectivity index (χ1v) is 14.2. The number of anilines is 2. The lowest BCUT2D eigenvalue weighted by Crippen LogP contribution is -2.49. The number of fused-ring (bicyclic) bond motifs is 2. The number of amides is 2. The zero-order chi connectivity index (χ0) is 32.2. The van der Waals surface area contributed by atoms with Gasteiger partial charge in [0.15, 0.2) is 5.75 Å². The Morgan fingerprint density at radius 3 is 2.50 bits per heavy atom. The molecule has 2 amide bonds. The Balaban J connectivity index is 1.70. The number of carbonyl (C=O) groups excluding carboxylic acids is 2. The van der Waals surface area contributed by atoms with Gasteiger partial charge >= 0.3 is 6.36 Å². The molecule has 0 radical (unpaired) electrons. The van der Waals surface area contributed by atoms with E-state index in [1.165, 1.54) is 24.3 Å². The van der Waals surface area contributed by atoms with Gasteiger partial charge in [-0.15, -0.1) is 13.2 Å². The van der Waals surface area contributed by atoms with Crippen molar-refractivity contribution in [3.8, 4) is 11.8 Å². The van der Waals surface area contributed by atoms with Crippen molar-refractivity contribution in [2.45, 2.75) is 57.0 Å². The molecule has 2 heterocycles. The predicted octanol–water partition coefficient (Wildman–Crippen LogP) is 7.29. The first-order chi connectivity index (χ1) is 20.5. The molecule has 4 atom stereocenters. The fourth-order valence-corrected chi connectivity index (χ4v) is 6.62. The van der Waals surface area contributed by atoms with Crippen molar-refractivity contribution in [2.24, 2.45) is 5.41 Å². The number of hydrogen-bond donors (Lipinski definition) is 3. The van der Waals surface area contributed by atoms with Crippen molar-refractivity contribution in [1.82, 2.24) is 5.32 Å². The first-order valence-electron chi connectivity index (χ1n) is 13.5. The van der Waals surface area contributed by atoms with Crippen LogP contribution < -0.4 is 20.7 Å². The van der Waals surface area contributed by atoms with E-state index in [1.54, 1.807) is 24.3 Å². The smallest absolute Gasteiger partial charge is 0.404 e. The Morgan fingerprint density at radius 2 is 1.84 bits per heavy atom. The van der Waals surface area contributed by atoms with Crippen LogP contribution in [0.2, 0.25) is 10.0 Å². The molecule has 0 aromatic heterocycles. The summed E-state index contributed by atoms with van der Waals surface area (Å²) in [5.41, 5.74) is -1.64. The summed E-state index contributed by atoms with van der Waals surface area (Å²) in [6.45, 7) is 5.83. The maximum Gasteiger partial charge on any atom is 0.573 e. The van der Waals surface area contributed by atoms with Crippen molar-refractivity contribution in [3.63, 3.8) is 0 Å². The maximum atomic E-state index is 15.9. The van der Waals surface area contributed by atoms with Gasteiger partial charge in [-0.1, -0.05) is 62.2 Å². The Morgan fingerprint density at radius 1 is 1.11 bits per heavy atom. The molecule has 4 unspecified atom stereocenters. The van der Waals surface area contributed by atoms with Crippen molar-refractivity contribution >= 4 is 46.4 Å². The van der Waals surface area contributed by atoms with Gasteiger partial charge in [-0.2, -0.15) is 5.26 Å². The highest BCUT2D eigenvalue weighted by Gasteiger charge is 2.66. The van der Waals surface area contributed by atoms with Gasteiger partial charge < -0.3 is 20.7 Å². The monoisotopic (exact) mass is 648 g/mol. The Labute approximate surface area is 260 Å². The number of carbonyl (C=O) groups is 2. The number of ether oxygens (including phenoxy) is 1. The van der Waals surface area contributed by atoms with Gasteiger partial charge in [0, 0.05) is 28.7 Å². The van der Waals surface area contributed by atoms with Gasteiger partial charge in [-0.3, -0.25) is 9.59 Å². The summed E-state index contributed by atoms with van der Waals surface area (Å²) in [5.74, 6) is -4.24. The highest BCUT2D eigenvalue weighted by molar-refractivity contribution is 6.31. The molecule has 1 saturated heterocycles. The molecule has 1 fully saturated rings. The SMILES string of the molecule is CC(C)(C)CC1NC(C(=O)Nc2ccc(C#N)cc2OC(F)(F)F)C(c2cccc(Cl)c2F)C12C(=O)Nc1cc(Cl)ccc12. The van der Waals surface area contributed by atoms with E-state index in [4.69, 9.17) is 23.2 Å². The number of nitrogens with zero attached hydrogens (tertiary/aromatic N) is 1. The van der Waals surface area contributed by atoms with Crippen LogP contribution in [0.4, 0.5) is 28.9 Å². The maximum absolute atomic E-state index is 15.9. The third kappa shape index (κ3) is 5.70. The van der Waals surface area contributed by atoms with E-state index in [-0.39, 0.29) is 21.8 Å². The highest BCUT2D eigenvalue weighted by Crippen LogP contribution is 2.57. The molecule has 3 aromatic carbocycles. The minimum Gasteiger partial charge on any atom is -0.404 e. The number of nitriles is 1. The molecule has 7 nitrogen and oxygen atoms in total. The van der Waals surface area contributed by atoms with E-state index in [9.17, 15) is 28.0 Å². The van der Waals surface area contributed by atoms with E-state index >= 15 is 4.39 Å². The fourth-order valence-electron chi connectivity index (χ4n) is 6.27. The van der Waals surface area contributed by atoms with E-state index in [2.05, 4.69) is 20.7 Å². The second-order valence-electron chi connectivity index (χ2n) is 12.0. The van der Waals surface area contributed by atoms with Gasteiger partial charge in [-0.25, -0.2) is 4.39 Å². The molecule has 1 spiro atoms. The highest BCUT2D eigenvalue weighted by atomic mass is 35.5. The molecule has 0 bridgehead atoms. The van der Waals surface area contributed by atoms with E-state index in [0.717, 1.165) is 12.1 Å². The van der Waals surface area contributed by atoms with E-state index in [0.29, 0.717) is 22.7 Å². The molecular weight excluding hydrogens is 623 g/mol. The van der Waals surface area contributed by atoms with Gasteiger partial charge in [0.1, 0.15) is 11.2 Å². The van der Waals surface area contributed by atoms with Crippen LogP contribution >= 0.6 is 23.2 Å². The Bertz CT molecular complexity index is 1700. The molecule has 230 valence electrons. The summed E-state index contributed by atoms with van der Waals surface area (Å²) in [6.07, 6.45) is -4.79. The van der Waals surface area contributed by atoms with E-state index in [1.807, 2.05) is 20.8 Å². The predicted molar refractivity (Wildman–Crippen MR) is 157 cm³/mol. The summed E-state index contributed by atoms with van der Waals surface area (Å²) in [5, 5.41) is 17.9. The summed E-state index contributed by atoms with van der Waals surface area (Å²) in [7, 11) is 0. The molecule has 0 aliphatic carbocycles. The third-order valence-electron chi connectivity index (χ3n) is 7.82. The lowest BCUT2D eigenvalue weighted by Gasteiger charge is -2.37. The number of halogens is 6. The summed E-state index contributed by atoms with van der Waals surface area (Å²) >= 11 is 12.4. The molecule has 13 heteroatoms. The zero-order valence-electron chi connectivity index (χ0n) is 23.6. The van der Waals surface area contributed by atoms with Crippen molar-refractivity contribution in [1.29, 1.82) is 5.26 Å². The average Bonchev–Trinajstić information content (AvgIpc) is 3.39. The van der Waals surface area contributed by atoms with Crippen LogP contribution in [-0.4, -0.2) is 30.3 Å². The minimum absolute atomic E-state index is 0.0360. The van der Waals surface area contributed by atoms with Crippen LogP contribution in [0.15, 0.2) is 54.6 Å². The molecule has 2 aliphatic rings. The van der Waals surface area contributed by atoms with Crippen LogP contribution in [0.3, 0.4) is 0 Å². The number of alkyl halides is 3. The zero-order valence-corrected chi connectivity index (χ0v) is 25.1. The van der Waals surface area contributed by atoms with Crippen molar-refractivity contribution in [2.75, 3.05) is 10.6 Å². The quantitative estimate of drug-likeness (QED) is 0.252. The van der Waals surface area contributed by atoms with Crippen LogP contribution in [0.25, 0.3) is 0 Å². The average molecular weight is 649 g/mol. The standard InChI is InChI=1S/C31H26Cl2F4N4O3/c1-29(2,3)13-23-30(18-9-8-16(32)12-21(18)40-28(30)43)24(17-5-4-6-19(33)25(17)34)26(41-23)27(42)39-20-10-7-15(14-38)11-22(20)44-31(35,36)37/h4-12,23-24,26,41H,13H2,1-3H3,(H,39,42)(H,40,43). The molecular formula is C31H26Cl2F4N4O3. The molecule has 0 saturated carbocycles. The van der Waals surface area contributed by atoms with Gasteiger partial charge in [-0.05, 0) is 53.3 Å². The topological polar surface area (TPSA) is 103 Å². The van der Waals surface area contributed by atoms with E-state index < -0.39 is 58.6 Å². The number of benzene rings is 3. The number of nitrogens with one attached hydrogen (secondary N) is 3. The molecule has 3 aromatic rings. The summed E-state index contributed by atoms with van der Waals surface area (Å²) < 4.78 is 59.7. The van der Waals surface area contributed by atoms with Crippen LogP contribution in [0.1, 0.15) is 49.8 Å². The lowest BCUT2D eigenvalue weighted by atomic mass is 9.62. The minimum atomic E-state index is -5.12. The summed E-state index contributed by atoms with van der Waals surface area (Å²) in [4.78, 5) is 28.3. The Kier molecular flexibility index (Phi) is 8.08. The summed E-state index contributed by atoms with van der Waals surface area (Å²) in [6, 6.07) is 11.8. The molecule has 5 rings (SSSR count).